The van der Waals surface area contributed by atoms with Gasteiger partial charge in [-0.1, -0.05) is 0 Å². The van der Waals surface area contributed by atoms with E-state index in [0.29, 0.717) is 0 Å². The first-order valence-electron chi connectivity index (χ1n) is 7.96. The summed E-state index contributed by atoms with van der Waals surface area (Å²) in [5, 5.41) is 18.8. The summed E-state index contributed by atoms with van der Waals surface area (Å²) in [6.45, 7) is 10.6. The van der Waals surface area contributed by atoms with Gasteiger partial charge in [0.15, 0.2) is 0 Å². The molecule has 0 spiro atoms. The van der Waals surface area contributed by atoms with Crippen molar-refractivity contribution in [2.45, 2.75) is 77.8 Å². The zero-order valence-electron chi connectivity index (χ0n) is 15.1. The fraction of sp³-hybridized carbons (Fsp3) is 0.875. The van der Waals surface area contributed by atoms with Crippen LogP contribution in [-0.4, -0.2) is 45.6 Å². The Morgan fingerprint density at radius 2 is 1.33 bits per heavy atom. The third-order valence-electron chi connectivity index (χ3n) is 3.35. The van der Waals surface area contributed by atoms with Gasteiger partial charge in [0.1, 0.15) is 18.1 Å². The summed E-state index contributed by atoms with van der Waals surface area (Å²) in [4.78, 5) is 44.3. The number of carbonyl (C=O) groups is 2. The van der Waals surface area contributed by atoms with E-state index < -0.39 is 47.2 Å². The summed E-state index contributed by atoms with van der Waals surface area (Å²) in [7, 11) is 0. The van der Waals surface area contributed by atoms with Gasteiger partial charge < -0.3 is 10.2 Å². The summed E-state index contributed by atoms with van der Waals surface area (Å²) < 4.78 is 0. The maximum atomic E-state index is 11.7. The minimum absolute atomic E-state index is 0.153. The molecule has 2 N–H and O–H groups in total. The molecule has 1 aliphatic carbocycles. The van der Waals surface area contributed by atoms with Crippen LogP contribution in [0.4, 0.5) is 0 Å². The predicted molar refractivity (Wildman–Crippen MR) is 82.9 cm³/mol. The molecule has 24 heavy (non-hydrogen) atoms. The molecule has 1 fully saturated rings. The molecule has 0 amide bonds. The second-order valence-corrected chi connectivity index (χ2v) is 7.97. The highest BCUT2D eigenvalue weighted by atomic mass is 17.2. The first kappa shape index (κ1) is 20.8. The van der Waals surface area contributed by atoms with Crippen molar-refractivity contribution in [2.24, 2.45) is 11.8 Å². The molecule has 4 atom stereocenters. The number of carboxylic acids is 2. The first-order chi connectivity index (χ1) is 10.8. The lowest BCUT2D eigenvalue weighted by Gasteiger charge is -2.39. The molecule has 140 valence electrons. The van der Waals surface area contributed by atoms with Crippen LogP contribution in [0.15, 0.2) is 0 Å². The van der Waals surface area contributed by atoms with Gasteiger partial charge in [0, 0.05) is 0 Å². The van der Waals surface area contributed by atoms with Crippen molar-refractivity contribution in [1.82, 2.24) is 0 Å². The van der Waals surface area contributed by atoms with Crippen LogP contribution in [0.2, 0.25) is 0 Å². The highest BCUT2D eigenvalue weighted by molar-refractivity contribution is 5.80. The van der Waals surface area contributed by atoms with E-state index in [1.165, 1.54) is 0 Å². The zero-order valence-corrected chi connectivity index (χ0v) is 15.1. The SMILES string of the molecule is CC(C)(C)OOC1CCC(C(=O)O)C(C(=O)O)C1OOC(C)(C)C. The molecule has 0 aromatic carbocycles. The van der Waals surface area contributed by atoms with Crippen molar-refractivity contribution in [3.05, 3.63) is 0 Å². The molecule has 1 saturated carbocycles. The number of carboxylic acid groups (broad SMARTS) is 2. The third-order valence-corrected chi connectivity index (χ3v) is 3.35. The van der Waals surface area contributed by atoms with Gasteiger partial charge in [-0.05, 0) is 54.4 Å². The molecule has 1 rings (SSSR count). The molecule has 8 nitrogen and oxygen atoms in total. The Morgan fingerprint density at radius 1 is 0.833 bits per heavy atom. The Labute approximate surface area is 141 Å². The van der Waals surface area contributed by atoms with E-state index in [9.17, 15) is 19.8 Å². The quantitative estimate of drug-likeness (QED) is 0.556. The van der Waals surface area contributed by atoms with E-state index in [4.69, 9.17) is 19.6 Å². The van der Waals surface area contributed by atoms with Crippen molar-refractivity contribution in [1.29, 1.82) is 0 Å². The van der Waals surface area contributed by atoms with Gasteiger partial charge >= 0.3 is 11.9 Å². The number of aliphatic carboxylic acids is 2. The molecular weight excluding hydrogens is 320 g/mol. The highest BCUT2D eigenvalue weighted by Crippen LogP contribution is 2.36. The molecule has 8 heteroatoms. The van der Waals surface area contributed by atoms with Gasteiger partial charge in [-0.15, -0.1) is 0 Å². The minimum atomic E-state index is -1.30. The standard InChI is InChI=1S/C16H28O8/c1-15(2,3)23-21-10-8-7-9(13(17)18)11(14(19)20)12(10)22-24-16(4,5)6/h9-12H,7-8H2,1-6H3,(H,17,18)(H,19,20). The Balaban J connectivity index is 3.00. The lowest BCUT2D eigenvalue weighted by molar-refractivity contribution is -0.440. The van der Waals surface area contributed by atoms with Crippen LogP contribution in [0.25, 0.3) is 0 Å². The van der Waals surface area contributed by atoms with Crippen molar-refractivity contribution in [3.8, 4) is 0 Å². The van der Waals surface area contributed by atoms with Crippen LogP contribution in [0.1, 0.15) is 54.4 Å². The Bertz CT molecular complexity index is 448. The van der Waals surface area contributed by atoms with Gasteiger partial charge in [0.05, 0.1) is 17.1 Å². The van der Waals surface area contributed by atoms with Crippen molar-refractivity contribution >= 4 is 11.9 Å². The molecule has 0 radical (unpaired) electrons. The molecular formula is C16H28O8. The summed E-state index contributed by atoms with van der Waals surface area (Å²) in [5.41, 5.74) is -1.29. The van der Waals surface area contributed by atoms with E-state index in [1.807, 2.05) is 0 Å². The van der Waals surface area contributed by atoms with Gasteiger partial charge in [-0.2, -0.15) is 0 Å². The lowest BCUT2D eigenvalue weighted by Crippen LogP contribution is -2.52. The van der Waals surface area contributed by atoms with Crippen LogP contribution in [0, 0.1) is 11.8 Å². The fourth-order valence-electron chi connectivity index (χ4n) is 2.37. The normalized spacial score (nSPS) is 28.6. The van der Waals surface area contributed by atoms with Crippen molar-refractivity contribution in [2.75, 3.05) is 0 Å². The highest BCUT2D eigenvalue weighted by Gasteiger charge is 2.50. The van der Waals surface area contributed by atoms with E-state index in [-0.39, 0.29) is 12.8 Å². The summed E-state index contributed by atoms with van der Waals surface area (Å²) in [5.74, 6) is -4.83. The molecule has 0 aromatic rings. The minimum Gasteiger partial charge on any atom is -0.481 e. The Kier molecular flexibility index (Phi) is 6.75. The number of hydrogen-bond acceptors (Lipinski definition) is 6. The summed E-state index contributed by atoms with van der Waals surface area (Å²) in [6, 6.07) is 0. The van der Waals surface area contributed by atoms with E-state index in [2.05, 4.69) is 0 Å². The van der Waals surface area contributed by atoms with Crippen LogP contribution in [0.3, 0.4) is 0 Å². The van der Waals surface area contributed by atoms with E-state index >= 15 is 0 Å². The maximum absolute atomic E-state index is 11.7. The molecule has 1 aliphatic rings. The topological polar surface area (TPSA) is 112 Å². The van der Waals surface area contributed by atoms with Gasteiger partial charge in [-0.3, -0.25) is 9.59 Å². The molecule has 0 aliphatic heterocycles. The lowest BCUT2D eigenvalue weighted by atomic mass is 9.76. The average molecular weight is 348 g/mol. The smallest absolute Gasteiger partial charge is 0.310 e. The molecule has 4 unspecified atom stereocenters. The molecule has 0 bridgehead atoms. The van der Waals surface area contributed by atoms with Crippen LogP contribution in [-0.2, 0) is 29.1 Å². The van der Waals surface area contributed by atoms with Crippen LogP contribution >= 0.6 is 0 Å². The Morgan fingerprint density at radius 3 is 1.75 bits per heavy atom. The summed E-state index contributed by atoms with van der Waals surface area (Å²) in [6.07, 6.45) is -1.41. The van der Waals surface area contributed by atoms with E-state index in [1.54, 1.807) is 41.5 Å². The van der Waals surface area contributed by atoms with Gasteiger partial charge in [-0.25, -0.2) is 19.6 Å². The molecule has 0 aromatic heterocycles. The average Bonchev–Trinajstić information content (AvgIpc) is 2.40. The Hall–Kier alpha value is -1.22. The number of rotatable bonds is 6. The molecule has 0 saturated heterocycles. The predicted octanol–water partition coefficient (Wildman–Crippen LogP) is 2.41. The monoisotopic (exact) mass is 348 g/mol. The van der Waals surface area contributed by atoms with E-state index in [0.717, 1.165) is 0 Å². The largest absolute Gasteiger partial charge is 0.481 e. The van der Waals surface area contributed by atoms with Crippen LogP contribution < -0.4 is 0 Å². The first-order valence-corrected chi connectivity index (χ1v) is 7.96. The third kappa shape index (κ3) is 6.35. The maximum Gasteiger partial charge on any atom is 0.310 e. The second kappa shape index (κ2) is 7.77. The molecule has 0 heterocycles. The van der Waals surface area contributed by atoms with Gasteiger partial charge in [0.25, 0.3) is 0 Å². The van der Waals surface area contributed by atoms with Gasteiger partial charge in [0.2, 0.25) is 0 Å². The zero-order chi connectivity index (χ0) is 18.7. The number of hydrogen-bond donors (Lipinski definition) is 2. The second-order valence-electron chi connectivity index (χ2n) is 7.97. The fourth-order valence-corrected chi connectivity index (χ4v) is 2.37. The van der Waals surface area contributed by atoms with Crippen molar-refractivity contribution < 1.29 is 39.4 Å². The summed E-state index contributed by atoms with van der Waals surface area (Å²) >= 11 is 0. The van der Waals surface area contributed by atoms with Crippen LogP contribution in [0.5, 0.6) is 0 Å². The van der Waals surface area contributed by atoms with Crippen molar-refractivity contribution in [3.63, 3.8) is 0 Å².